The van der Waals surface area contributed by atoms with Crippen molar-refractivity contribution in [1.29, 1.82) is 0 Å². The summed E-state index contributed by atoms with van der Waals surface area (Å²) in [6, 6.07) is 9.31. The molecule has 0 aromatic heterocycles. The largest absolute Gasteiger partial charge is 0.309 e. The Morgan fingerprint density at radius 2 is 2.11 bits per heavy atom. The molecule has 0 amide bonds. The average molecular weight is 241 g/mol. The molecule has 1 aliphatic rings. The molecular formula is C17H23N. The zero-order chi connectivity index (χ0) is 13.0. The van der Waals surface area contributed by atoms with Crippen LogP contribution in [-0.2, 0) is 6.42 Å². The molecule has 1 unspecified atom stereocenters. The van der Waals surface area contributed by atoms with Crippen LogP contribution in [0.1, 0.15) is 50.8 Å². The molecule has 0 radical (unpaired) electrons. The fraction of sp³-hybridized carbons (Fsp3) is 0.529. The smallest absolute Gasteiger partial charge is 0.0375 e. The van der Waals surface area contributed by atoms with Crippen molar-refractivity contribution in [3.63, 3.8) is 0 Å². The molecule has 0 spiro atoms. The van der Waals surface area contributed by atoms with E-state index in [0.717, 1.165) is 13.0 Å². The summed E-state index contributed by atoms with van der Waals surface area (Å²) in [6.07, 6.45) is 3.39. The summed E-state index contributed by atoms with van der Waals surface area (Å²) in [7, 11) is 0. The highest BCUT2D eigenvalue weighted by molar-refractivity contribution is 5.34. The number of aryl methyl sites for hydroxylation is 1. The van der Waals surface area contributed by atoms with Gasteiger partial charge in [0.1, 0.15) is 0 Å². The van der Waals surface area contributed by atoms with Gasteiger partial charge in [0.15, 0.2) is 0 Å². The Kier molecular flexibility index (Phi) is 4.09. The monoisotopic (exact) mass is 241 g/mol. The van der Waals surface area contributed by atoms with E-state index < -0.39 is 0 Å². The number of fused-ring (bicyclic) bond motifs is 1. The highest BCUT2D eigenvalue weighted by Crippen LogP contribution is 2.43. The van der Waals surface area contributed by atoms with Crippen LogP contribution in [0.4, 0.5) is 0 Å². The zero-order valence-electron chi connectivity index (χ0n) is 11.7. The molecular weight excluding hydrogens is 218 g/mol. The van der Waals surface area contributed by atoms with E-state index in [-0.39, 0.29) is 0 Å². The van der Waals surface area contributed by atoms with Gasteiger partial charge in [0.25, 0.3) is 0 Å². The standard InChI is InChI=1S/C17H23N/c1-4-5-8-13-18-16-15-10-7-6-9-14(15)11-12-17(16,2)3/h6-7,9-10,16,18H,8,11-13H2,1-3H3. The van der Waals surface area contributed by atoms with Crippen molar-refractivity contribution >= 4 is 0 Å². The lowest BCUT2D eigenvalue weighted by atomic mass is 9.70. The van der Waals surface area contributed by atoms with E-state index in [2.05, 4.69) is 55.3 Å². The van der Waals surface area contributed by atoms with Gasteiger partial charge in [-0.1, -0.05) is 38.1 Å². The molecule has 0 saturated carbocycles. The van der Waals surface area contributed by atoms with Crippen molar-refractivity contribution in [1.82, 2.24) is 5.32 Å². The van der Waals surface area contributed by atoms with Gasteiger partial charge in [0.05, 0.1) is 0 Å². The maximum Gasteiger partial charge on any atom is 0.0375 e. The molecule has 1 aromatic carbocycles. The topological polar surface area (TPSA) is 12.0 Å². The summed E-state index contributed by atoms with van der Waals surface area (Å²) in [4.78, 5) is 0. The average Bonchev–Trinajstić information content (AvgIpc) is 2.36. The van der Waals surface area contributed by atoms with E-state index in [4.69, 9.17) is 0 Å². The van der Waals surface area contributed by atoms with Crippen LogP contribution in [0.15, 0.2) is 24.3 Å². The third-order valence-electron chi connectivity index (χ3n) is 3.96. The maximum atomic E-state index is 3.70. The number of nitrogens with one attached hydrogen (secondary N) is 1. The first-order valence-corrected chi connectivity index (χ1v) is 6.86. The van der Waals surface area contributed by atoms with Gasteiger partial charge in [0, 0.05) is 19.0 Å². The van der Waals surface area contributed by atoms with E-state index in [1.165, 1.54) is 24.0 Å². The minimum absolute atomic E-state index is 0.327. The molecule has 1 aliphatic carbocycles. The molecule has 1 atom stereocenters. The highest BCUT2D eigenvalue weighted by Gasteiger charge is 2.34. The Bertz CT molecular complexity index is 462. The molecule has 0 aliphatic heterocycles. The van der Waals surface area contributed by atoms with Gasteiger partial charge < -0.3 is 5.32 Å². The second-order valence-electron chi connectivity index (χ2n) is 5.75. The minimum atomic E-state index is 0.327. The van der Waals surface area contributed by atoms with Crippen LogP contribution in [0.2, 0.25) is 0 Å². The second-order valence-corrected chi connectivity index (χ2v) is 5.75. The van der Waals surface area contributed by atoms with Crippen molar-refractivity contribution < 1.29 is 0 Å². The summed E-state index contributed by atoms with van der Waals surface area (Å²) in [5, 5.41) is 3.70. The van der Waals surface area contributed by atoms with E-state index in [1.807, 2.05) is 6.92 Å². The molecule has 0 heterocycles. The molecule has 1 N–H and O–H groups in total. The van der Waals surface area contributed by atoms with Crippen LogP contribution in [0.25, 0.3) is 0 Å². The van der Waals surface area contributed by atoms with Gasteiger partial charge in [-0.05, 0) is 36.3 Å². The molecule has 1 heteroatoms. The predicted molar refractivity (Wildman–Crippen MR) is 77.4 cm³/mol. The van der Waals surface area contributed by atoms with Crippen molar-refractivity contribution in [2.45, 2.75) is 46.1 Å². The van der Waals surface area contributed by atoms with Crippen LogP contribution in [0, 0.1) is 17.3 Å². The molecule has 96 valence electrons. The Balaban J connectivity index is 2.15. The fourth-order valence-corrected chi connectivity index (χ4v) is 2.86. The first kappa shape index (κ1) is 13.2. The molecule has 1 nitrogen and oxygen atoms in total. The highest BCUT2D eigenvalue weighted by atomic mass is 14.9. The van der Waals surface area contributed by atoms with Gasteiger partial charge in [-0.25, -0.2) is 0 Å². The Morgan fingerprint density at radius 1 is 1.33 bits per heavy atom. The molecule has 0 fully saturated rings. The Morgan fingerprint density at radius 3 is 2.89 bits per heavy atom. The van der Waals surface area contributed by atoms with Crippen LogP contribution in [0.5, 0.6) is 0 Å². The number of hydrogen-bond acceptors (Lipinski definition) is 1. The number of benzene rings is 1. The first-order valence-electron chi connectivity index (χ1n) is 6.86. The second kappa shape index (κ2) is 5.59. The number of rotatable bonds is 3. The third-order valence-corrected chi connectivity index (χ3v) is 3.96. The Labute approximate surface area is 111 Å². The van der Waals surface area contributed by atoms with Gasteiger partial charge in [0.2, 0.25) is 0 Å². The lowest BCUT2D eigenvalue weighted by Crippen LogP contribution is -2.38. The van der Waals surface area contributed by atoms with Crippen LogP contribution in [0.3, 0.4) is 0 Å². The lowest BCUT2D eigenvalue weighted by molar-refractivity contribution is 0.211. The molecule has 0 bridgehead atoms. The van der Waals surface area contributed by atoms with Gasteiger partial charge in [-0.15, -0.1) is 11.8 Å². The van der Waals surface area contributed by atoms with Gasteiger partial charge in [-0.2, -0.15) is 0 Å². The zero-order valence-corrected chi connectivity index (χ0v) is 11.7. The van der Waals surface area contributed by atoms with E-state index in [1.54, 1.807) is 0 Å². The predicted octanol–water partition coefficient (Wildman–Crippen LogP) is 3.70. The maximum absolute atomic E-state index is 3.70. The first-order chi connectivity index (χ1) is 8.65. The van der Waals surface area contributed by atoms with Crippen LogP contribution >= 0.6 is 0 Å². The Hall–Kier alpha value is -1.26. The van der Waals surface area contributed by atoms with E-state index >= 15 is 0 Å². The summed E-state index contributed by atoms with van der Waals surface area (Å²) >= 11 is 0. The molecule has 0 saturated heterocycles. The summed E-state index contributed by atoms with van der Waals surface area (Å²) < 4.78 is 0. The van der Waals surface area contributed by atoms with E-state index in [9.17, 15) is 0 Å². The lowest BCUT2D eigenvalue weighted by Gasteiger charge is -2.40. The normalized spacial score (nSPS) is 20.7. The van der Waals surface area contributed by atoms with Crippen LogP contribution in [-0.4, -0.2) is 6.54 Å². The minimum Gasteiger partial charge on any atom is -0.309 e. The summed E-state index contributed by atoms with van der Waals surface area (Å²) in [5.74, 6) is 6.08. The van der Waals surface area contributed by atoms with Crippen molar-refractivity contribution in [3.8, 4) is 11.8 Å². The van der Waals surface area contributed by atoms with Crippen molar-refractivity contribution in [3.05, 3.63) is 35.4 Å². The summed E-state index contributed by atoms with van der Waals surface area (Å²) in [5.41, 5.74) is 3.32. The van der Waals surface area contributed by atoms with Crippen molar-refractivity contribution in [2.75, 3.05) is 6.54 Å². The SMILES string of the molecule is CC#CCCNC1c2ccccc2CCC1(C)C. The third kappa shape index (κ3) is 2.76. The number of hydrogen-bond donors (Lipinski definition) is 1. The van der Waals surface area contributed by atoms with Crippen LogP contribution < -0.4 is 5.32 Å². The quantitative estimate of drug-likeness (QED) is 0.628. The van der Waals surface area contributed by atoms with E-state index in [0.29, 0.717) is 11.5 Å². The van der Waals surface area contributed by atoms with Gasteiger partial charge in [-0.3, -0.25) is 0 Å². The molecule has 2 rings (SSSR count). The molecule has 1 aromatic rings. The fourth-order valence-electron chi connectivity index (χ4n) is 2.86. The summed E-state index contributed by atoms with van der Waals surface area (Å²) in [6.45, 7) is 7.61. The van der Waals surface area contributed by atoms with Gasteiger partial charge >= 0.3 is 0 Å². The molecule has 18 heavy (non-hydrogen) atoms. The van der Waals surface area contributed by atoms with Crippen molar-refractivity contribution in [2.24, 2.45) is 5.41 Å².